The van der Waals surface area contributed by atoms with Gasteiger partial charge in [-0.05, 0) is 72.5 Å². The molecule has 0 unspecified atom stereocenters. The Morgan fingerprint density at radius 2 is 0.870 bits per heavy atom. The van der Waals surface area contributed by atoms with E-state index >= 15 is 0 Å². The first kappa shape index (κ1) is 52.1. The number of esters is 2. The zero-order chi connectivity index (χ0) is 39.7. The number of carbonyl (C=O) groups is 3. The lowest BCUT2D eigenvalue weighted by Gasteiger charge is -2.21. The third kappa shape index (κ3) is 39.8. The molecule has 9 nitrogen and oxygen atoms in total. The molecule has 0 saturated heterocycles. The van der Waals surface area contributed by atoms with Crippen LogP contribution in [0.3, 0.4) is 0 Å². The van der Waals surface area contributed by atoms with Gasteiger partial charge in [0.05, 0.1) is 13.2 Å². The minimum atomic E-state index is -0.391. The van der Waals surface area contributed by atoms with Gasteiger partial charge in [0, 0.05) is 39.0 Å². The number of rotatable bonds is 41. The van der Waals surface area contributed by atoms with Crippen LogP contribution in [0.1, 0.15) is 206 Å². The van der Waals surface area contributed by atoms with E-state index in [1.807, 2.05) is 0 Å². The molecule has 0 rings (SSSR count). The lowest BCUT2D eigenvalue weighted by atomic mass is 10.1. The average Bonchev–Trinajstić information content (AvgIpc) is 3.14. The molecule has 0 spiro atoms. The van der Waals surface area contributed by atoms with Crippen LogP contribution in [0.15, 0.2) is 0 Å². The Labute approximate surface area is 334 Å². The summed E-state index contributed by atoms with van der Waals surface area (Å²) in [7, 11) is 6.16. The smallest absolute Gasteiger partial charge is 0.407 e. The van der Waals surface area contributed by atoms with E-state index in [1.165, 1.54) is 116 Å². The molecule has 0 fully saturated rings. The van der Waals surface area contributed by atoms with Crippen molar-refractivity contribution >= 4 is 18.0 Å². The van der Waals surface area contributed by atoms with E-state index in [-0.39, 0.29) is 18.0 Å². The first-order valence-corrected chi connectivity index (χ1v) is 22.9. The predicted octanol–water partition coefficient (Wildman–Crippen LogP) is 11.4. The van der Waals surface area contributed by atoms with Crippen molar-refractivity contribution in [3.8, 4) is 0 Å². The van der Waals surface area contributed by atoms with Gasteiger partial charge in [0.2, 0.25) is 0 Å². The topological polar surface area (TPSA) is 97.4 Å². The van der Waals surface area contributed by atoms with Crippen LogP contribution in [-0.4, -0.2) is 94.5 Å². The Morgan fingerprint density at radius 1 is 0.481 bits per heavy atom. The summed E-state index contributed by atoms with van der Waals surface area (Å²) in [5.74, 6) is -0.210. The maximum absolute atomic E-state index is 12.7. The largest absolute Gasteiger partial charge is 0.466 e. The summed E-state index contributed by atoms with van der Waals surface area (Å²) in [6.07, 6.45) is 32.7. The maximum atomic E-state index is 12.7. The van der Waals surface area contributed by atoms with Gasteiger partial charge in [-0.3, -0.25) is 9.59 Å². The second kappa shape index (κ2) is 40.8. The van der Waals surface area contributed by atoms with E-state index in [9.17, 15) is 14.4 Å². The molecule has 0 aromatic rings. The summed E-state index contributed by atoms with van der Waals surface area (Å²) >= 11 is 0. The minimum Gasteiger partial charge on any atom is -0.466 e. The summed E-state index contributed by atoms with van der Waals surface area (Å²) in [6, 6.07) is 0. The summed E-state index contributed by atoms with van der Waals surface area (Å²) in [5, 5.41) is 2.90. The van der Waals surface area contributed by atoms with Crippen molar-refractivity contribution in [2.24, 2.45) is 0 Å². The van der Waals surface area contributed by atoms with Crippen LogP contribution in [0.2, 0.25) is 0 Å². The molecule has 0 aromatic carbocycles. The molecule has 1 N–H and O–H groups in total. The molecule has 0 heterocycles. The highest BCUT2D eigenvalue weighted by molar-refractivity contribution is 5.69. The van der Waals surface area contributed by atoms with E-state index in [1.54, 1.807) is 0 Å². The van der Waals surface area contributed by atoms with Crippen LogP contribution in [0, 0.1) is 0 Å². The van der Waals surface area contributed by atoms with Crippen LogP contribution in [0.4, 0.5) is 4.79 Å². The van der Waals surface area contributed by atoms with Crippen molar-refractivity contribution in [3.05, 3.63) is 0 Å². The van der Waals surface area contributed by atoms with Gasteiger partial charge in [0.25, 0.3) is 0 Å². The second-order valence-corrected chi connectivity index (χ2v) is 16.1. The molecule has 0 aliphatic carbocycles. The predicted molar refractivity (Wildman–Crippen MR) is 226 cm³/mol. The third-order valence-corrected chi connectivity index (χ3v) is 10.3. The highest BCUT2D eigenvalue weighted by Crippen LogP contribution is 2.16. The number of hydrogen-bond donors (Lipinski definition) is 1. The minimum absolute atomic E-state index is 0.105. The van der Waals surface area contributed by atoms with E-state index in [0.717, 1.165) is 71.0 Å². The first-order valence-electron chi connectivity index (χ1n) is 22.9. The number of likely N-dealkylation sites (N-methyl/N-ethyl adjacent to an activating group) is 2. The number of unbranched alkanes of at least 4 members (excludes halogenated alkanes) is 22. The standard InChI is InChI=1S/C45H89N3O6/c1-6-8-10-12-14-16-18-20-22-24-26-34-43(49)52-40-30-28-32-42(54-45(51)46-36-37-48(5)39-38-47(3)4)33-29-31-41-53-44(50)35-27-25-23-21-19-17-15-13-11-9-7-2/h42H,6-41H2,1-5H3,(H,46,51). The SMILES string of the molecule is CCCCCCCCCCCCCC(=O)OCCCCC(CCCCOC(=O)CCCCCCCCCCCCC)OC(=O)NCCN(C)CCN(C)C. The van der Waals surface area contributed by atoms with Crippen molar-refractivity contribution in [2.75, 3.05) is 60.5 Å². The van der Waals surface area contributed by atoms with Crippen molar-refractivity contribution in [1.29, 1.82) is 0 Å². The number of amides is 1. The van der Waals surface area contributed by atoms with Crippen molar-refractivity contribution in [2.45, 2.75) is 213 Å². The molecule has 0 saturated carbocycles. The van der Waals surface area contributed by atoms with E-state index < -0.39 is 6.09 Å². The van der Waals surface area contributed by atoms with E-state index in [4.69, 9.17) is 14.2 Å². The normalized spacial score (nSPS) is 11.5. The Balaban J connectivity index is 4.25. The summed E-state index contributed by atoms with van der Waals surface area (Å²) < 4.78 is 16.8. The van der Waals surface area contributed by atoms with Gasteiger partial charge in [-0.25, -0.2) is 4.79 Å². The zero-order valence-corrected chi connectivity index (χ0v) is 36.4. The molecule has 320 valence electrons. The molecule has 1 amide bonds. The molecule has 0 atom stereocenters. The number of hydrogen-bond acceptors (Lipinski definition) is 8. The lowest BCUT2D eigenvalue weighted by molar-refractivity contribution is -0.144. The Hall–Kier alpha value is -1.87. The second-order valence-electron chi connectivity index (χ2n) is 16.1. The van der Waals surface area contributed by atoms with Gasteiger partial charge in [-0.2, -0.15) is 0 Å². The van der Waals surface area contributed by atoms with Crippen LogP contribution in [0.5, 0.6) is 0 Å². The number of nitrogens with one attached hydrogen (secondary N) is 1. The monoisotopic (exact) mass is 768 g/mol. The third-order valence-electron chi connectivity index (χ3n) is 10.3. The Morgan fingerprint density at radius 3 is 1.26 bits per heavy atom. The molecular formula is C45H89N3O6. The van der Waals surface area contributed by atoms with Crippen LogP contribution >= 0.6 is 0 Å². The van der Waals surface area contributed by atoms with Gasteiger partial charge in [0.15, 0.2) is 0 Å². The number of ether oxygens (including phenoxy) is 3. The summed E-state index contributed by atoms with van der Waals surface area (Å²) in [5.41, 5.74) is 0. The first-order chi connectivity index (χ1) is 26.3. The highest BCUT2D eigenvalue weighted by atomic mass is 16.6. The van der Waals surface area contributed by atoms with Gasteiger partial charge in [-0.15, -0.1) is 0 Å². The quantitative estimate of drug-likeness (QED) is 0.0373. The van der Waals surface area contributed by atoms with Gasteiger partial charge < -0.3 is 29.3 Å². The molecule has 0 aliphatic heterocycles. The van der Waals surface area contributed by atoms with Gasteiger partial charge >= 0.3 is 18.0 Å². The highest BCUT2D eigenvalue weighted by Gasteiger charge is 2.15. The molecule has 0 bridgehead atoms. The molecule has 0 aromatic heterocycles. The van der Waals surface area contributed by atoms with Gasteiger partial charge in [0.1, 0.15) is 6.10 Å². The maximum Gasteiger partial charge on any atom is 0.407 e. The van der Waals surface area contributed by atoms with Crippen molar-refractivity contribution < 1.29 is 28.6 Å². The number of carbonyl (C=O) groups excluding carboxylic acids is 3. The average molecular weight is 768 g/mol. The number of nitrogens with zero attached hydrogens (tertiary/aromatic N) is 2. The molecule has 0 radical (unpaired) electrons. The zero-order valence-electron chi connectivity index (χ0n) is 36.4. The fraction of sp³-hybridized carbons (Fsp3) is 0.933. The molecular weight excluding hydrogens is 679 g/mol. The van der Waals surface area contributed by atoms with Crippen LogP contribution in [0.25, 0.3) is 0 Å². The van der Waals surface area contributed by atoms with Gasteiger partial charge in [-0.1, -0.05) is 142 Å². The van der Waals surface area contributed by atoms with Crippen molar-refractivity contribution in [1.82, 2.24) is 15.1 Å². The van der Waals surface area contributed by atoms with Crippen molar-refractivity contribution in [3.63, 3.8) is 0 Å². The molecule has 0 aliphatic rings. The fourth-order valence-corrected chi connectivity index (χ4v) is 6.62. The fourth-order valence-electron chi connectivity index (χ4n) is 6.62. The van der Waals surface area contributed by atoms with Crippen LogP contribution in [-0.2, 0) is 23.8 Å². The molecule has 9 heteroatoms. The Bertz CT molecular complexity index is 794. The summed E-state index contributed by atoms with van der Waals surface area (Å²) in [4.78, 5) is 41.5. The Kier molecular flexibility index (Phi) is 39.4. The lowest BCUT2D eigenvalue weighted by Crippen LogP contribution is -2.37. The van der Waals surface area contributed by atoms with E-state index in [0.29, 0.717) is 45.4 Å². The number of alkyl carbamates (subject to hydrolysis) is 1. The molecule has 54 heavy (non-hydrogen) atoms. The summed E-state index contributed by atoms with van der Waals surface area (Å²) in [6.45, 7) is 8.50. The van der Waals surface area contributed by atoms with E-state index in [2.05, 4.69) is 50.1 Å². The van der Waals surface area contributed by atoms with Crippen LogP contribution < -0.4 is 5.32 Å².